The number of benzene rings is 3. The fraction of sp³-hybridized carbons (Fsp3) is 0.455. The van der Waals surface area contributed by atoms with Gasteiger partial charge in [-0.15, -0.1) is 0 Å². The Morgan fingerprint density at radius 1 is 0.860 bits per heavy atom. The maximum atomic E-state index is 13.7. The summed E-state index contributed by atoms with van der Waals surface area (Å²) in [6.07, 6.45) is 0.707. The zero-order valence-electron chi connectivity index (χ0n) is 25.5. The molecule has 1 aliphatic rings. The van der Waals surface area contributed by atoms with Crippen LogP contribution in [0.4, 0.5) is 0 Å². The highest BCUT2D eigenvalue weighted by Gasteiger charge is 2.33. The molecule has 1 unspecified atom stereocenters. The highest BCUT2D eigenvalue weighted by Crippen LogP contribution is 2.48. The molecule has 0 saturated carbocycles. The van der Waals surface area contributed by atoms with Crippen LogP contribution in [0.25, 0.3) is 0 Å². The number of aliphatic hydroxyl groups is 1. The van der Waals surface area contributed by atoms with E-state index in [1.807, 2.05) is 55.5 Å². The summed E-state index contributed by atoms with van der Waals surface area (Å²) in [6, 6.07) is 16.9. The van der Waals surface area contributed by atoms with Gasteiger partial charge in [-0.1, -0.05) is 37.3 Å². The van der Waals surface area contributed by atoms with Crippen molar-refractivity contribution < 1.29 is 41.9 Å². The average Bonchev–Trinajstić information content (AvgIpc) is 3.52. The molecule has 1 aliphatic heterocycles. The zero-order chi connectivity index (χ0) is 31.0. The van der Waals surface area contributed by atoms with E-state index in [0.29, 0.717) is 54.4 Å². The smallest absolute Gasteiger partial charge is 0.203 e. The second kappa shape index (κ2) is 14.8. The molecule has 0 bridgehead atoms. The van der Waals surface area contributed by atoms with E-state index in [1.54, 1.807) is 34.3 Å². The van der Waals surface area contributed by atoms with Crippen LogP contribution in [-0.4, -0.2) is 53.3 Å². The van der Waals surface area contributed by atoms with Gasteiger partial charge in [-0.25, -0.2) is 8.42 Å². The van der Waals surface area contributed by atoms with E-state index in [9.17, 15) is 13.5 Å². The molecule has 9 nitrogen and oxygen atoms in total. The molecule has 10 heteroatoms. The third-order valence-electron chi connectivity index (χ3n) is 7.32. The second-order valence-electron chi connectivity index (χ2n) is 10.6. The van der Waals surface area contributed by atoms with Crippen molar-refractivity contribution in [2.75, 3.05) is 33.7 Å². The number of ether oxygens (including phenoxy) is 6. The summed E-state index contributed by atoms with van der Waals surface area (Å²) in [7, 11) is 0.858. The number of hydrogen-bond donors (Lipinski definition) is 1. The van der Waals surface area contributed by atoms with Crippen molar-refractivity contribution >= 4 is 9.84 Å². The van der Waals surface area contributed by atoms with Crippen LogP contribution in [0.15, 0.2) is 59.5 Å². The molecule has 0 aromatic heterocycles. The summed E-state index contributed by atoms with van der Waals surface area (Å²) in [5.74, 6) is 1.86. The first-order chi connectivity index (χ1) is 20.7. The highest BCUT2D eigenvalue weighted by molar-refractivity contribution is 7.91. The Labute approximate surface area is 254 Å². The number of aliphatic hydroxyl groups excluding tert-OH is 1. The Bertz CT molecular complexity index is 1430. The summed E-state index contributed by atoms with van der Waals surface area (Å²) in [5.41, 5.74) is 2.48. The maximum Gasteiger partial charge on any atom is 0.203 e. The minimum atomic E-state index is -3.83. The minimum absolute atomic E-state index is 0.0435. The molecule has 3 atom stereocenters. The van der Waals surface area contributed by atoms with Crippen molar-refractivity contribution in [3.63, 3.8) is 0 Å². The fourth-order valence-corrected chi connectivity index (χ4v) is 6.68. The van der Waals surface area contributed by atoms with Crippen molar-refractivity contribution in [1.82, 2.24) is 0 Å². The first kappa shape index (κ1) is 32.4. The average molecular weight is 615 g/mol. The van der Waals surface area contributed by atoms with Crippen molar-refractivity contribution in [3.8, 4) is 28.7 Å². The number of hydrogen-bond acceptors (Lipinski definition) is 9. The van der Waals surface area contributed by atoms with Gasteiger partial charge in [0.15, 0.2) is 32.8 Å². The molecule has 3 aromatic rings. The quantitative estimate of drug-likeness (QED) is 0.213. The maximum absolute atomic E-state index is 13.7. The van der Waals surface area contributed by atoms with E-state index in [0.717, 1.165) is 11.1 Å². The van der Waals surface area contributed by atoms with Gasteiger partial charge >= 0.3 is 0 Å². The first-order valence-corrected chi connectivity index (χ1v) is 16.2. The van der Waals surface area contributed by atoms with Gasteiger partial charge in [0.25, 0.3) is 0 Å². The molecule has 1 fully saturated rings. The monoisotopic (exact) mass is 614 g/mol. The van der Waals surface area contributed by atoms with Crippen molar-refractivity contribution in [2.45, 2.75) is 69.3 Å². The van der Waals surface area contributed by atoms with Gasteiger partial charge in [-0.2, -0.15) is 0 Å². The molecule has 0 aliphatic carbocycles. The van der Waals surface area contributed by atoms with Gasteiger partial charge in [0.2, 0.25) is 5.75 Å². The van der Waals surface area contributed by atoms with Crippen LogP contribution >= 0.6 is 0 Å². The fourth-order valence-electron chi connectivity index (χ4n) is 5.05. The summed E-state index contributed by atoms with van der Waals surface area (Å²) < 4.78 is 62.7. The Morgan fingerprint density at radius 2 is 1.47 bits per heavy atom. The third kappa shape index (κ3) is 7.93. The van der Waals surface area contributed by atoms with Crippen LogP contribution in [0.5, 0.6) is 28.7 Å². The first-order valence-electron chi connectivity index (χ1n) is 14.5. The third-order valence-corrected chi connectivity index (χ3v) is 9.07. The predicted molar refractivity (Wildman–Crippen MR) is 163 cm³/mol. The Hall–Kier alpha value is -3.47. The van der Waals surface area contributed by atoms with Crippen LogP contribution in [-0.2, 0) is 21.2 Å². The van der Waals surface area contributed by atoms with Gasteiger partial charge in [0.1, 0.15) is 11.5 Å². The number of sulfone groups is 1. The number of methoxy groups -OCH3 is 3. The molecule has 4 rings (SSSR count). The molecule has 1 saturated heterocycles. The van der Waals surface area contributed by atoms with Gasteiger partial charge in [0, 0.05) is 0 Å². The zero-order valence-corrected chi connectivity index (χ0v) is 26.3. The van der Waals surface area contributed by atoms with E-state index in [-0.39, 0.29) is 35.5 Å². The standard InChI is InChI=1S/C33H42O9S/c1-6-15-40-33-30(41-21-23-10-8-7-9-11-23)19-25(20-31(33)43(35,36)16-14-22(2)34)27-13-12-26(42-27)24-17-28(37-3)32(39-5)29(18-24)38-4/h7-11,17-20,22,26-27,34H,6,12-16,21H2,1-5H3/t22?,26-,27-/m1/s1. The van der Waals surface area contributed by atoms with Crippen molar-refractivity contribution in [3.05, 3.63) is 71.3 Å². The van der Waals surface area contributed by atoms with Gasteiger partial charge in [-0.3, -0.25) is 0 Å². The molecule has 0 spiro atoms. The van der Waals surface area contributed by atoms with E-state index in [1.165, 1.54) is 0 Å². The second-order valence-corrected chi connectivity index (χ2v) is 12.7. The van der Waals surface area contributed by atoms with Crippen LogP contribution in [0.1, 0.15) is 68.4 Å². The Kier molecular flexibility index (Phi) is 11.2. The lowest BCUT2D eigenvalue weighted by Crippen LogP contribution is -2.15. The lowest BCUT2D eigenvalue weighted by molar-refractivity contribution is 0.0434. The summed E-state index contributed by atoms with van der Waals surface area (Å²) in [6.45, 7) is 4.09. The Morgan fingerprint density at radius 3 is 2.02 bits per heavy atom. The van der Waals surface area contributed by atoms with Gasteiger partial charge < -0.3 is 33.5 Å². The summed E-state index contributed by atoms with van der Waals surface area (Å²) in [5, 5.41) is 9.84. The van der Waals surface area contributed by atoms with Gasteiger partial charge in [0.05, 0.1) is 52.0 Å². The minimum Gasteiger partial charge on any atom is -0.493 e. The van der Waals surface area contributed by atoms with Crippen LogP contribution in [0.3, 0.4) is 0 Å². The molecule has 0 radical (unpaired) electrons. The molecular weight excluding hydrogens is 572 g/mol. The molecular formula is C33H42O9S. The van der Waals surface area contributed by atoms with E-state index >= 15 is 0 Å². The van der Waals surface area contributed by atoms with E-state index in [4.69, 9.17) is 28.4 Å². The highest BCUT2D eigenvalue weighted by atomic mass is 32.2. The van der Waals surface area contributed by atoms with Gasteiger partial charge in [-0.05, 0) is 73.6 Å². The molecule has 3 aromatic carbocycles. The van der Waals surface area contributed by atoms with E-state index in [2.05, 4.69) is 0 Å². The van der Waals surface area contributed by atoms with Crippen LogP contribution < -0.4 is 23.7 Å². The SMILES string of the molecule is CCCOc1c(OCc2ccccc2)cc([C@H]2CC[C@H](c3cc(OC)c(OC)c(OC)c3)O2)cc1S(=O)(=O)CCC(C)O. The normalized spacial score (nSPS) is 17.3. The summed E-state index contributed by atoms with van der Waals surface area (Å²) in [4.78, 5) is 0.0435. The van der Waals surface area contributed by atoms with Crippen molar-refractivity contribution in [1.29, 1.82) is 0 Å². The molecule has 0 amide bonds. The topological polar surface area (TPSA) is 110 Å². The van der Waals surface area contributed by atoms with E-state index < -0.39 is 22.0 Å². The molecule has 1 N–H and O–H groups in total. The van der Waals surface area contributed by atoms with Crippen LogP contribution in [0, 0.1) is 0 Å². The largest absolute Gasteiger partial charge is 0.493 e. The van der Waals surface area contributed by atoms with Crippen molar-refractivity contribution in [2.24, 2.45) is 0 Å². The molecule has 1 heterocycles. The predicted octanol–water partition coefficient (Wildman–Crippen LogP) is 6.22. The molecule has 43 heavy (non-hydrogen) atoms. The van der Waals surface area contributed by atoms with Crippen LogP contribution in [0.2, 0.25) is 0 Å². The lowest BCUT2D eigenvalue weighted by Gasteiger charge is -2.21. The Balaban J connectivity index is 1.73. The lowest BCUT2D eigenvalue weighted by atomic mass is 10.0. The summed E-state index contributed by atoms with van der Waals surface area (Å²) >= 11 is 0. The number of rotatable bonds is 15. The molecule has 234 valence electrons.